The Morgan fingerprint density at radius 1 is 1.33 bits per heavy atom. The molecular formula is C13H25N5. The first-order valence-corrected chi connectivity index (χ1v) is 7.14. The normalized spacial score (nSPS) is 18.1. The summed E-state index contributed by atoms with van der Waals surface area (Å²) in [6.45, 7) is 10.0. The van der Waals surface area contributed by atoms with Gasteiger partial charge >= 0.3 is 0 Å². The van der Waals surface area contributed by atoms with Gasteiger partial charge in [-0.25, -0.2) is 4.68 Å². The van der Waals surface area contributed by atoms with E-state index in [4.69, 9.17) is 0 Å². The third kappa shape index (κ3) is 3.70. The van der Waals surface area contributed by atoms with Crippen molar-refractivity contribution in [3.63, 3.8) is 0 Å². The van der Waals surface area contributed by atoms with E-state index < -0.39 is 0 Å². The van der Waals surface area contributed by atoms with Crippen LogP contribution in [0.5, 0.6) is 0 Å². The molecule has 102 valence electrons. The fourth-order valence-corrected chi connectivity index (χ4v) is 2.40. The van der Waals surface area contributed by atoms with Gasteiger partial charge in [-0.15, -0.1) is 5.10 Å². The first kappa shape index (κ1) is 13.3. The summed E-state index contributed by atoms with van der Waals surface area (Å²) >= 11 is 0. The van der Waals surface area contributed by atoms with Crippen molar-refractivity contribution in [1.29, 1.82) is 0 Å². The van der Waals surface area contributed by atoms with Gasteiger partial charge in [-0.1, -0.05) is 19.1 Å². The van der Waals surface area contributed by atoms with Crippen molar-refractivity contribution >= 4 is 5.82 Å². The number of rotatable bonds is 6. The van der Waals surface area contributed by atoms with Crippen LogP contribution < -0.4 is 5.32 Å². The maximum atomic E-state index is 4.07. The Bertz CT molecular complexity index is 341. The molecule has 5 nitrogen and oxygen atoms in total. The van der Waals surface area contributed by atoms with Crippen LogP contribution in [0.4, 0.5) is 5.82 Å². The second-order valence-corrected chi connectivity index (χ2v) is 5.29. The molecule has 5 heteroatoms. The molecule has 0 unspecified atom stereocenters. The topological polar surface area (TPSA) is 46.0 Å². The van der Waals surface area contributed by atoms with Crippen molar-refractivity contribution in [3.8, 4) is 0 Å². The Balaban J connectivity index is 1.70. The van der Waals surface area contributed by atoms with Gasteiger partial charge in [0.05, 0.1) is 6.20 Å². The number of anilines is 1. The molecule has 1 aromatic heterocycles. The van der Waals surface area contributed by atoms with E-state index in [1.807, 2.05) is 10.9 Å². The van der Waals surface area contributed by atoms with Crippen molar-refractivity contribution in [2.24, 2.45) is 5.92 Å². The summed E-state index contributed by atoms with van der Waals surface area (Å²) in [5.74, 6) is 1.95. The molecule has 1 aliphatic rings. The SMILES string of the molecule is CCCn1nncc1NCCN1CCC(C)CC1. The molecule has 0 atom stereocenters. The van der Waals surface area contributed by atoms with E-state index in [1.165, 1.54) is 25.9 Å². The van der Waals surface area contributed by atoms with Crippen molar-refractivity contribution < 1.29 is 0 Å². The number of likely N-dealkylation sites (tertiary alicyclic amines) is 1. The summed E-state index contributed by atoms with van der Waals surface area (Å²) in [4.78, 5) is 2.54. The Morgan fingerprint density at radius 2 is 2.11 bits per heavy atom. The average Bonchev–Trinajstić information content (AvgIpc) is 2.80. The zero-order valence-corrected chi connectivity index (χ0v) is 11.6. The van der Waals surface area contributed by atoms with E-state index in [-0.39, 0.29) is 0 Å². The maximum Gasteiger partial charge on any atom is 0.144 e. The molecule has 0 aliphatic carbocycles. The van der Waals surface area contributed by atoms with Crippen LogP contribution >= 0.6 is 0 Å². The summed E-state index contributed by atoms with van der Waals surface area (Å²) in [7, 11) is 0. The largest absolute Gasteiger partial charge is 0.368 e. The van der Waals surface area contributed by atoms with Crippen LogP contribution in [0.25, 0.3) is 0 Å². The van der Waals surface area contributed by atoms with Crippen LogP contribution in [0.2, 0.25) is 0 Å². The lowest BCUT2D eigenvalue weighted by Gasteiger charge is -2.30. The van der Waals surface area contributed by atoms with Crippen molar-refractivity contribution in [2.45, 2.75) is 39.7 Å². The molecule has 1 saturated heterocycles. The molecule has 0 amide bonds. The van der Waals surface area contributed by atoms with Gasteiger partial charge in [-0.05, 0) is 38.3 Å². The molecule has 18 heavy (non-hydrogen) atoms. The summed E-state index contributed by atoms with van der Waals surface area (Å²) in [6, 6.07) is 0. The zero-order chi connectivity index (χ0) is 12.8. The van der Waals surface area contributed by atoms with Crippen LogP contribution in [-0.4, -0.2) is 46.1 Å². The van der Waals surface area contributed by atoms with Gasteiger partial charge in [0.15, 0.2) is 0 Å². The van der Waals surface area contributed by atoms with E-state index in [1.54, 1.807) is 0 Å². The highest BCUT2D eigenvalue weighted by atomic mass is 15.4. The second kappa shape index (κ2) is 6.73. The van der Waals surface area contributed by atoms with E-state index in [9.17, 15) is 0 Å². The van der Waals surface area contributed by atoms with Gasteiger partial charge in [-0.3, -0.25) is 0 Å². The summed E-state index contributed by atoms with van der Waals surface area (Å²) in [5, 5.41) is 11.5. The second-order valence-electron chi connectivity index (χ2n) is 5.29. The minimum atomic E-state index is 0.907. The molecule has 0 aromatic carbocycles. The van der Waals surface area contributed by atoms with E-state index in [0.29, 0.717) is 0 Å². The number of nitrogens with one attached hydrogen (secondary N) is 1. The molecule has 1 aliphatic heterocycles. The maximum absolute atomic E-state index is 4.07. The van der Waals surface area contributed by atoms with Crippen LogP contribution in [0.1, 0.15) is 33.1 Å². The number of hydrogen-bond acceptors (Lipinski definition) is 4. The number of nitrogens with zero attached hydrogens (tertiary/aromatic N) is 4. The molecule has 1 N–H and O–H groups in total. The molecule has 0 saturated carbocycles. The lowest BCUT2D eigenvalue weighted by Crippen LogP contribution is -2.36. The Morgan fingerprint density at radius 3 is 2.83 bits per heavy atom. The standard InChI is InChI=1S/C13H25N5/c1-3-7-18-13(11-15-16-18)14-6-10-17-8-4-12(2)5-9-17/h11-12,14H,3-10H2,1-2H3. The van der Waals surface area contributed by atoms with Crippen molar-refractivity contribution in [1.82, 2.24) is 19.9 Å². The minimum absolute atomic E-state index is 0.907. The smallest absolute Gasteiger partial charge is 0.144 e. The molecule has 2 rings (SSSR count). The van der Waals surface area contributed by atoms with Gasteiger partial charge in [0.1, 0.15) is 5.82 Å². The molecule has 0 bridgehead atoms. The predicted octanol–water partition coefficient (Wildman–Crippen LogP) is 1.83. The fraction of sp³-hybridized carbons (Fsp3) is 0.846. The van der Waals surface area contributed by atoms with Crippen LogP contribution in [-0.2, 0) is 6.54 Å². The quantitative estimate of drug-likeness (QED) is 0.838. The third-order valence-electron chi connectivity index (χ3n) is 3.66. The lowest BCUT2D eigenvalue weighted by molar-refractivity contribution is 0.199. The number of piperidine rings is 1. The van der Waals surface area contributed by atoms with Crippen molar-refractivity contribution in [3.05, 3.63) is 6.20 Å². The molecular weight excluding hydrogens is 226 g/mol. The molecule has 1 fully saturated rings. The number of aromatic nitrogens is 3. The predicted molar refractivity (Wildman–Crippen MR) is 73.6 cm³/mol. The first-order chi connectivity index (χ1) is 8.79. The highest BCUT2D eigenvalue weighted by Crippen LogP contribution is 2.15. The Labute approximate surface area is 110 Å². The minimum Gasteiger partial charge on any atom is -0.368 e. The van der Waals surface area contributed by atoms with Gasteiger partial charge in [0.2, 0.25) is 0 Å². The highest BCUT2D eigenvalue weighted by Gasteiger charge is 2.14. The monoisotopic (exact) mass is 251 g/mol. The number of hydrogen-bond donors (Lipinski definition) is 1. The fourth-order valence-electron chi connectivity index (χ4n) is 2.40. The summed E-state index contributed by atoms with van der Waals surface area (Å²) in [6.07, 6.45) is 5.58. The zero-order valence-electron chi connectivity index (χ0n) is 11.6. The highest BCUT2D eigenvalue weighted by molar-refractivity contribution is 5.30. The van der Waals surface area contributed by atoms with E-state index >= 15 is 0 Å². The van der Waals surface area contributed by atoms with Crippen molar-refractivity contribution in [2.75, 3.05) is 31.5 Å². The first-order valence-electron chi connectivity index (χ1n) is 7.14. The summed E-state index contributed by atoms with van der Waals surface area (Å²) < 4.78 is 1.94. The Hall–Kier alpha value is -1.10. The lowest BCUT2D eigenvalue weighted by atomic mass is 9.99. The Kier molecular flexibility index (Phi) is 4.99. The summed E-state index contributed by atoms with van der Waals surface area (Å²) in [5.41, 5.74) is 0. The number of aryl methyl sites for hydroxylation is 1. The van der Waals surface area contributed by atoms with Gasteiger partial charge in [0.25, 0.3) is 0 Å². The van der Waals surface area contributed by atoms with Gasteiger partial charge in [0, 0.05) is 19.6 Å². The molecule has 2 heterocycles. The molecule has 1 aromatic rings. The molecule has 0 spiro atoms. The van der Waals surface area contributed by atoms with Crippen LogP contribution in [0, 0.1) is 5.92 Å². The average molecular weight is 251 g/mol. The van der Waals surface area contributed by atoms with E-state index in [2.05, 4.69) is 34.4 Å². The van der Waals surface area contributed by atoms with Crippen LogP contribution in [0.15, 0.2) is 6.20 Å². The van der Waals surface area contributed by atoms with Crippen LogP contribution in [0.3, 0.4) is 0 Å². The van der Waals surface area contributed by atoms with Gasteiger partial charge < -0.3 is 10.2 Å². The van der Waals surface area contributed by atoms with Gasteiger partial charge in [-0.2, -0.15) is 0 Å². The van der Waals surface area contributed by atoms with E-state index in [0.717, 1.165) is 37.8 Å². The third-order valence-corrected chi connectivity index (χ3v) is 3.66. The molecule has 0 radical (unpaired) electrons.